The Morgan fingerprint density at radius 1 is 1.19 bits per heavy atom. The normalized spacial score (nSPS) is 9.31. The van der Waals surface area contributed by atoms with Crippen LogP contribution in [-0.2, 0) is 9.78 Å². The minimum atomic E-state index is 0.571. The second-order valence-electron chi connectivity index (χ2n) is 3.20. The average Bonchev–Trinajstić information content (AvgIpc) is 2.32. The summed E-state index contributed by atoms with van der Waals surface area (Å²) in [6.45, 7) is 7.49. The highest BCUT2D eigenvalue weighted by molar-refractivity contribution is 5.52. The number of hydrogen-bond acceptors (Lipinski definition) is 3. The lowest BCUT2D eigenvalue weighted by Gasteiger charge is -2.20. The molecule has 0 radical (unpaired) electrons. The van der Waals surface area contributed by atoms with Gasteiger partial charge in [0, 0.05) is 19.3 Å². The molecule has 3 heteroatoms. The summed E-state index contributed by atoms with van der Waals surface area (Å²) in [6, 6.07) is 8.28. The van der Waals surface area contributed by atoms with Crippen molar-refractivity contribution in [1.82, 2.24) is 0 Å². The van der Waals surface area contributed by atoms with Crippen molar-refractivity contribution in [3.8, 4) is 0 Å². The van der Waals surface area contributed by atoms with Gasteiger partial charge in [0.05, 0.1) is 13.7 Å². The van der Waals surface area contributed by atoms with E-state index in [2.05, 4.69) is 28.8 Å². The van der Waals surface area contributed by atoms with Gasteiger partial charge in [0.2, 0.25) is 0 Å². The first-order valence-electron chi connectivity index (χ1n) is 5.68. The third-order valence-corrected chi connectivity index (χ3v) is 2.15. The highest BCUT2D eigenvalue weighted by Crippen LogP contribution is 2.16. The van der Waals surface area contributed by atoms with Crippen LogP contribution < -0.4 is 4.90 Å². The van der Waals surface area contributed by atoms with E-state index >= 15 is 0 Å². The predicted molar refractivity (Wildman–Crippen MR) is 68.8 cm³/mol. The largest absolute Gasteiger partial charge is 0.372 e. The predicted octanol–water partition coefficient (Wildman–Crippen LogP) is 3.04. The van der Waals surface area contributed by atoms with Crippen molar-refractivity contribution in [1.29, 1.82) is 0 Å². The van der Waals surface area contributed by atoms with Gasteiger partial charge in [-0.3, -0.25) is 0 Å². The van der Waals surface area contributed by atoms with Gasteiger partial charge < -0.3 is 4.90 Å². The van der Waals surface area contributed by atoms with Crippen molar-refractivity contribution in [2.24, 2.45) is 0 Å². The van der Waals surface area contributed by atoms with E-state index in [0.717, 1.165) is 6.54 Å². The molecule has 0 saturated heterocycles. The summed E-state index contributed by atoms with van der Waals surface area (Å²) in [7, 11) is 3.56. The van der Waals surface area contributed by atoms with E-state index in [0.29, 0.717) is 6.61 Å². The molecule has 0 bridgehead atoms. The Hall–Kier alpha value is -1.06. The van der Waals surface area contributed by atoms with E-state index in [-0.39, 0.29) is 0 Å². The van der Waals surface area contributed by atoms with Crippen LogP contribution in [0.1, 0.15) is 19.4 Å². The maximum atomic E-state index is 4.82. The molecule has 0 unspecified atom stereocenters. The number of hydrogen-bond donors (Lipinski definition) is 0. The van der Waals surface area contributed by atoms with Crippen LogP contribution in [0.3, 0.4) is 0 Å². The maximum absolute atomic E-state index is 4.82. The van der Waals surface area contributed by atoms with Crippen LogP contribution in [-0.4, -0.2) is 27.3 Å². The fraction of sp³-hybridized carbons (Fsp3) is 0.538. The van der Waals surface area contributed by atoms with Crippen LogP contribution in [0.5, 0.6) is 0 Å². The molecule has 0 aliphatic carbocycles. The third-order valence-electron chi connectivity index (χ3n) is 2.15. The molecule has 0 atom stereocenters. The molecule has 0 aromatic heterocycles. The smallest absolute Gasteiger partial charge is 0.0996 e. The number of para-hydroxylation sites is 1. The summed E-state index contributed by atoms with van der Waals surface area (Å²) in [5.74, 6) is 0. The van der Waals surface area contributed by atoms with Gasteiger partial charge in [-0.1, -0.05) is 32.0 Å². The van der Waals surface area contributed by atoms with Crippen molar-refractivity contribution in [2.75, 3.05) is 32.2 Å². The molecule has 0 aliphatic rings. The van der Waals surface area contributed by atoms with Gasteiger partial charge in [0.15, 0.2) is 0 Å². The van der Waals surface area contributed by atoms with Gasteiger partial charge in [-0.2, -0.15) is 0 Å². The van der Waals surface area contributed by atoms with Crippen LogP contribution >= 0.6 is 0 Å². The Morgan fingerprint density at radius 2 is 1.81 bits per heavy atom. The van der Waals surface area contributed by atoms with Gasteiger partial charge in [-0.15, -0.1) is 0 Å². The number of likely N-dealkylation sites (N-methyl/N-ethyl adjacent to an activating group) is 1. The van der Waals surface area contributed by atoms with Gasteiger partial charge >= 0.3 is 0 Å². The quantitative estimate of drug-likeness (QED) is 0.437. The van der Waals surface area contributed by atoms with Crippen molar-refractivity contribution in [3.63, 3.8) is 0 Å². The Kier molecular flexibility index (Phi) is 8.58. The van der Waals surface area contributed by atoms with Gasteiger partial charge in [0.25, 0.3) is 0 Å². The molecular weight excluding hydrogens is 202 g/mol. The van der Waals surface area contributed by atoms with E-state index in [1.807, 2.05) is 33.0 Å². The van der Waals surface area contributed by atoms with E-state index in [1.165, 1.54) is 18.4 Å². The molecule has 3 nitrogen and oxygen atoms in total. The highest BCUT2D eigenvalue weighted by Gasteiger charge is 2.02. The second kappa shape index (κ2) is 9.19. The Bertz CT molecular complexity index is 276. The van der Waals surface area contributed by atoms with Crippen molar-refractivity contribution < 1.29 is 9.78 Å². The molecule has 92 valence electrons. The minimum Gasteiger partial charge on any atom is -0.372 e. The molecular formula is C13H23NO2. The second-order valence-corrected chi connectivity index (χ2v) is 3.20. The van der Waals surface area contributed by atoms with Crippen LogP contribution in [0.4, 0.5) is 5.69 Å². The first-order chi connectivity index (χ1) is 7.75. The SMILES string of the molecule is CC.COOCCN(C)c1ccccc1C. The molecule has 0 fully saturated rings. The average molecular weight is 225 g/mol. The molecule has 1 aromatic carbocycles. The number of rotatable bonds is 5. The van der Waals surface area contributed by atoms with Gasteiger partial charge in [0.1, 0.15) is 0 Å². The Morgan fingerprint density at radius 3 is 2.38 bits per heavy atom. The molecule has 16 heavy (non-hydrogen) atoms. The summed E-state index contributed by atoms with van der Waals surface area (Å²) >= 11 is 0. The lowest BCUT2D eigenvalue weighted by molar-refractivity contribution is -0.269. The first-order valence-corrected chi connectivity index (χ1v) is 5.68. The van der Waals surface area contributed by atoms with Crippen molar-refractivity contribution in [3.05, 3.63) is 29.8 Å². The summed E-state index contributed by atoms with van der Waals surface area (Å²) in [5.41, 5.74) is 2.50. The van der Waals surface area contributed by atoms with Crippen LogP contribution in [0.2, 0.25) is 0 Å². The van der Waals surface area contributed by atoms with E-state index in [1.54, 1.807) is 0 Å². The molecule has 0 saturated carbocycles. The molecule has 0 heterocycles. The number of anilines is 1. The lowest BCUT2D eigenvalue weighted by atomic mass is 10.2. The Labute approximate surface area is 98.9 Å². The minimum absolute atomic E-state index is 0.571. The van der Waals surface area contributed by atoms with Crippen LogP contribution in [0, 0.1) is 6.92 Å². The topological polar surface area (TPSA) is 21.7 Å². The van der Waals surface area contributed by atoms with E-state index < -0.39 is 0 Å². The molecule has 0 N–H and O–H groups in total. The zero-order chi connectivity index (χ0) is 12.4. The number of nitrogens with zero attached hydrogens (tertiary/aromatic N) is 1. The summed E-state index contributed by atoms with van der Waals surface area (Å²) in [4.78, 5) is 11.5. The first kappa shape index (κ1) is 14.9. The zero-order valence-electron chi connectivity index (χ0n) is 11.0. The number of aryl methyl sites for hydroxylation is 1. The van der Waals surface area contributed by atoms with Crippen LogP contribution in [0.15, 0.2) is 24.3 Å². The van der Waals surface area contributed by atoms with Gasteiger partial charge in [-0.25, -0.2) is 9.78 Å². The van der Waals surface area contributed by atoms with Gasteiger partial charge in [-0.05, 0) is 18.6 Å². The number of benzene rings is 1. The molecule has 0 spiro atoms. The summed E-state index contributed by atoms with van der Waals surface area (Å²) in [5, 5.41) is 0. The monoisotopic (exact) mass is 225 g/mol. The zero-order valence-corrected chi connectivity index (χ0v) is 11.0. The lowest BCUT2D eigenvalue weighted by Crippen LogP contribution is -2.23. The highest BCUT2D eigenvalue weighted by atomic mass is 17.2. The summed E-state index contributed by atoms with van der Waals surface area (Å²) < 4.78 is 0. The summed E-state index contributed by atoms with van der Waals surface area (Å²) in [6.07, 6.45) is 0. The van der Waals surface area contributed by atoms with Crippen molar-refractivity contribution in [2.45, 2.75) is 20.8 Å². The molecule has 1 rings (SSSR count). The standard InChI is InChI=1S/C11H17NO2.C2H6/c1-10-6-4-5-7-11(10)12(2)8-9-14-13-3;1-2/h4-7H,8-9H2,1-3H3;1-2H3. The molecule has 0 aliphatic heterocycles. The Balaban J connectivity index is 0.00000106. The van der Waals surface area contributed by atoms with Crippen molar-refractivity contribution >= 4 is 5.69 Å². The molecule has 1 aromatic rings. The fourth-order valence-corrected chi connectivity index (χ4v) is 1.37. The van der Waals surface area contributed by atoms with Crippen LogP contribution in [0.25, 0.3) is 0 Å². The third kappa shape index (κ3) is 5.14. The fourth-order valence-electron chi connectivity index (χ4n) is 1.37. The van der Waals surface area contributed by atoms with E-state index in [9.17, 15) is 0 Å². The van der Waals surface area contributed by atoms with E-state index in [4.69, 9.17) is 4.89 Å². The molecule has 0 amide bonds. The maximum Gasteiger partial charge on any atom is 0.0996 e.